The monoisotopic (exact) mass is 417 g/mol. The Morgan fingerprint density at radius 2 is 1.88 bits per heavy atom. The predicted molar refractivity (Wildman–Crippen MR) is 101 cm³/mol. The van der Waals surface area contributed by atoms with Gasteiger partial charge in [0.25, 0.3) is 5.91 Å². The largest absolute Gasteiger partial charge is 0.352 e. The molecule has 0 radical (unpaired) electrons. The van der Waals surface area contributed by atoms with Gasteiger partial charge in [-0.2, -0.15) is 0 Å². The van der Waals surface area contributed by atoms with Gasteiger partial charge in [0.15, 0.2) is 0 Å². The number of amides is 2. The fraction of sp³-hybridized carbons (Fsp3) is 0.529. The number of halogens is 2. The first-order chi connectivity index (χ1) is 11.0. The number of carbonyl (C=O) groups excluding carboxylic acids is 2. The molecule has 0 spiro atoms. The van der Waals surface area contributed by atoms with Gasteiger partial charge in [0.05, 0.1) is 0 Å². The standard InChI is InChI=1S/C17H24BrN3O2.ClH/c1-12(19)13-7-10-21(11-8-13)16(22)6-9-20-17(23)14-2-4-15(18)5-3-14;/h2-5,12-13H,6-11,19H2,1H3,(H,20,23);1H. The highest BCUT2D eigenvalue weighted by atomic mass is 79.9. The summed E-state index contributed by atoms with van der Waals surface area (Å²) >= 11 is 3.33. The van der Waals surface area contributed by atoms with Gasteiger partial charge in [-0.25, -0.2) is 0 Å². The Hall–Kier alpha value is -1.11. The molecule has 1 atom stereocenters. The molecule has 1 aliphatic heterocycles. The molecule has 1 aliphatic rings. The molecule has 1 unspecified atom stereocenters. The zero-order valence-electron chi connectivity index (χ0n) is 13.8. The van der Waals surface area contributed by atoms with Crippen LogP contribution in [0.1, 0.15) is 36.5 Å². The highest BCUT2D eigenvalue weighted by molar-refractivity contribution is 9.10. The van der Waals surface area contributed by atoms with Gasteiger partial charge in [-0.3, -0.25) is 9.59 Å². The van der Waals surface area contributed by atoms with Crippen molar-refractivity contribution in [2.45, 2.75) is 32.2 Å². The number of rotatable bonds is 5. The summed E-state index contributed by atoms with van der Waals surface area (Å²) in [6.07, 6.45) is 2.27. The number of carbonyl (C=O) groups is 2. The molecule has 1 aromatic rings. The van der Waals surface area contributed by atoms with Crippen LogP contribution < -0.4 is 11.1 Å². The van der Waals surface area contributed by atoms with Crippen molar-refractivity contribution < 1.29 is 9.59 Å². The molecule has 2 amide bonds. The van der Waals surface area contributed by atoms with Crippen molar-refractivity contribution in [2.24, 2.45) is 11.7 Å². The number of piperidine rings is 1. The highest BCUT2D eigenvalue weighted by Gasteiger charge is 2.24. The summed E-state index contributed by atoms with van der Waals surface area (Å²) in [7, 11) is 0. The quantitative estimate of drug-likeness (QED) is 0.771. The smallest absolute Gasteiger partial charge is 0.251 e. The fourth-order valence-corrected chi connectivity index (χ4v) is 3.08. The lowest BCUT2D eigenvalue weighted by Crippen LogP contribution is -2.43. The maximum absolute atomic E-state index is 12.2. The van der Waals surface area contributed by atoms with Gasteiger partial charge in [-0.1, -0.05) is 15.9 Å². The third-order valence-corrected chi connectivity index (χ3v) is 4.90. The maximum Gasteiger partial charge on any atom is 0.251 e. The van der Waals surface area contributed by atoms with Crippen LogP contribution in [0.5, 0.6) is 0 Å². The molecule has 1 saturated heterocycles. The molecule has 0 aliphatic carbocycles. The zero-order chi connectivity index (χ0) is 16.8. The van der Waals surface area contributed by atoms with Crippen molar-refractivity contribution in [1.82, 2.24) is 10.2 Å². The number of hydrogen-bond acceptors (Lipinski definition) is 3. The van der Waals surface area contributed by atoms with Crippen LogP contribution in [0.15, 0.2) is 28.7 Å². The topological polar surface area (TPSA) is 75.4 Å². The summed E-state index contributed by atoms with van der Waals surface area (Å²) < 4.78 is 0.930. The van der Waals surface area contributed by atoms with Crippen LogP contribution in [-0.4, -0.2) is 42.4 Å². The molecule has 0 aromatic heterocycles. The van der Waals surface area contributed by atoms with E-state index in [1.165, 1.54) is 0 Å². The Labute approximate surface area is 157 Å². The van der Waals surface area contributed by atoms with Gasteiger partial charge >= 0.3 is 0 Å². The fourth-order valence-electron chi connectivity index (χ4n) is 2.82. The summed E-state index contributed by atoms with van der Waals surface area (Å²) in [5.74, 6) is 0.460. The van der Waals surface area contributed by atoms with Gasteiger partial charge < -0.3 is 16.0 Å². The number of likely N-dealkylation sites (tertiary alicyclic amines) is 1. The molecule has 24 heavy (non-hydrogen) atoms. The lowest BCUT2D eigenvalue weighted by Gasteiger charge is -2.33. The summed E-state index contributed by atoms with van der Waals surface area (Å²) in [6.45, 7) is 3.93. The summed E-state index contributed by atoms with van der Waals surface area (Å²) in [6, 6.07) is 7.34. The van der Waals surface area contributed by atoms with E-state index in [9.17, 15) is 9.59 Å². The van der Waals surface area contributed by atoms with Crippen LogP contribution in [0.25, 0.3) is 0 Å². The molecule has 0 saturated carbocycles. The second-order valence-corrected chi connectivity index (χ2v) is 7.01. The van der Waals surface area contributed by atoms with E-state index >= 15 is 0 Å². The Morgan fingerprint density at radius 3 is 2.42 bits per heavy atom. The summed E-state index contributed by atoms with van der Waals surface area (Å²) in [5, 5.41) is 2.79. The minimum Gasteiger partial charge on any atom is -0.352 e. The van der Waals surface area contributed by atoms with Crippen LogP contribution in [-0.2, 0) is 4.79 Å². The molecule has 5 nitrogen and oxygen atoms in total. The molecular formula is C17H25BrClN3O2. The first kappa shape index (κ1) is 20.9. The molecule has 1 heterocycles. The first-order valence-corrected chi connectivity index (χ1v) is 8.84. The van der Waals surface area contributed by atoms with Gasteiger partial charge in [-0.15, -0.1) is 12.4 Å². The second kappa shape index (κ2) is 10.0. The van der Waals surface area contributed by atoms with E-state index in [2.05, 4.69) is 21.2 Å². The minimum atomic E-state index is -0.152. The third-order valence-electron chi connectivity index (χ3n) is 4.37. The Kier molecular flexibility index (Phi) is 8.73. The molecular weight excluding hydrogens is 394 g/mol. The van der Waals surface area contributed by atoms with Gasteiger partial charge in [-0.05, 0) is 49.9 Å². The SMILES string of the molecule is CC(N)C1CCN(C(=O)CCNC(=O)c2ccc(Br)cc2)CC1.Cl. The van der Waals surface area contributed by atoms with E-state index in [-0.39, 0.29) is 30.3 Å². The van der Waals surface area contributed by atoms with E-state index in [0.29, 0.717) is 24.4 Å². The Balaban J connectivity index is 0.00000288. The van der Waals surface area contributed by atoms with Crippen LogP contribution in [0.3, 0.4) is 0 Å². The van der Waals surface area contributed by atoms with Crippen LogP contribution >= 0.6 is 28.3 Å². The van der Waals surface area contributed by atoms with Crippen molar-refractivity contribution in [1.29, 1.82) is 0 Å². The van der Waals surface area contributed by atoms with Crippen molar-refractivity contribution in [2.75, 3.05) is 19.6 Å². The van der Waals surface area contributed by atoms with E-state index in [0.717, 1.165) is 30.4 Å². The maximum atomic E-state index is 12.2. The van der Waals surface area contributed by atoms with Crippen molar-refractivity contribution in [3.63, 3.8) is 0 Å². The molecule has 1 fully saturated rings. The molecule has 2 rings (SSSR count). The van der Waals surface area contributed by atoms with E-state index < -0.39 is 0 Å². The summed E-state index contributed by atoms with van der Waals surface area (Å²) in [5.41, 5.74) is 6.51. The van der Waals surface area contributed by atoms with Crippen LogP contribution in [0.4, 0.5) is 0 Å². The molecule has 1 aromatic carbocycles. The first-order valence-electron chi connectivity index (χ1n) is 8.04. The van der Waals surface area contributed by atoms with Crippen LogP contribution in [0.2, 0.25) is 0 Å². The average Bonchev–Trinajstić information content (AvgIpc) is 2.55. The van der Waals surface area contributed by atoms with Crippen molar-refractivity contribution in [3.05, 3.63) is 34.3 Å². The highest BCUT2D eigenvalue weighted by Crippen LogP contribution is 2.19. The van der Waals surface area contributed by atoms with E-state index in [1.807, 2.05) is 24.0 Å². The number of hydrogen-bond donors (Lipinski definition) is 2. The lowest BCUT2D eigenvalue weighted by atomic mass is 9.91. The van der Waals surface area contributed by atoms with Gasteiger partial charge in [0.1, 0.15) is 0 Å². The second-order valence-electron chi connectivity index (χ2n) is 6.09. The minimum absolute atomic E-state index is 0. The van der Waals surface area contributed by atoms with E-state index in [4.69, 9.17) is 5.73 Å². The molecule has 134 valence electrons. The molecule has 7 heteroatoms. The predicted octanol–water partition coefficient (Wildman–Crippen LogP) is 2.58. The number of nitrogens with zero attached hydrogens (tertiary/aromatic N) is 1. The summed E-state index contributed by atoms with van der Waals surface area (Å²) in [4.78, 5) is 26.0. The number of nitrogens with one attached hydrogen (secondary N) is 1. The molecule has 0 bridgehead atoms. The molecule has 3 N–H and O–H groups in total. The Bertz CT molecular complexity index is 543. The third kappa shape index (κ3) is 6.07. The van der Waals surface area contributed by atoms with E-state index in [1.54, 1.807) is 12.1 Å². The zero-order valence-corrected chi connectivity index (χ0v) is 16.2. The Morgan fingerprint density at radius 1 is 1.29 bits per heavy atom. The van der Waals surface area contributed by atoms with Crippen molar-refractivity contribution >= 4 is 40.2 Å². The average molecular weight is 419 g/mol. The number of benzene rings is 1. The van der Waals surface area contributed by atoms with Gasteiger partial charge in [0, 0.05) is 42.1 Å². The van der Waals surface area contributed by atoms with Crippen molar-refractivity contribution in [3.8, 4) is 0 Å². The van der Waals surface area contributed by atoms with Gasteiger partial charge in [0.2, 0.25) is 5.91 Å². The normalized spacial score (nSPS) is 16.2. The van der Waals surface area contributed by atoms with Crippen LogP contribution in [0, 0.1) is 5.92 Å². The lowest BCUT2D eigenvalue weighted by molar-refractivity contribution is -0.132. The number of nitrogens with two attached hydrogens (primary N) is 1.